The molecular formula is C14H22O. The molecule has 1 aromatic carbocycles. The molecule has 0 aliphatic rings. The molecule has 0 aliphatic heterocycles. The number of hydrogen-bond acceptors (Lipinski definition) is 1. The van der Waals surface area contributed by atoms with E-state index < -0.39 is 0 Å². The van der Waals surface area contributed by atoms with Crippen molar-refractivity contribution in [2.75, 3.05) is 0 Å². The van der Waals surface area contributed by atoms with Gasteiger partial charge in [-0.1, -0.05) is 26.0 Å². The van der Waals surface area contributed by atoms with Gasteiger partial charge in [-0.15, -0.1) is 0 Å². The second-order valence-corrected chi connectivity index (χ2v) is 4.25. The van der Waals surface area contributed by atoms with Crippen LogP contribution in [0.2, 0.25) is 0 Å². The van der Waals surface area contributed by atoms with Crippen LogP contribution < -0.4 is 4.74 Å². The molecule has 0 aromatic heterocycles. The summed E-state index contributed by atoms with van der Waals surface area (Å²) in [6.07, 6.45) is 2.64. The summed E-state index contributed by atoms with van der Waals surface area (Å²) < 4.78 is 5.69. The van der Waals surface area contributed by atoms with Gasteiger partial charge in [0.15, 0.2) is 0 Å². The third-order valence-electron chi connectivity index (χ3n) is 2.69. The lowest BCUT2D eigenvalue weighted by Gasteiger charge is -2.15. The maximum atomic E-state index is 5.69. The zero-order chi connectivity index (χ0) is 11.3. The molecule has 1 rings (SSSR count). The van der Waals surface area contributed by atoms with Gasteiger partial charge in [-0.05, 0) is 50.3 Å². The molecule has 0 atom stereocenters. The molecule has 0 heterocycles. The molecule has 1 nitrogen and oxygen atoms in total. The van der Waals surface area contributed by atoms with E-state index in [0.29, 0.717) is 5.92 Å². The normalized spacial score (nSPS) is 11.1. The molecule has 0 bridgehead atoms. The Balaban J connectivity index is 2.81. The molecule has 15 heavy (non-hydrogen) atoms. The van der Waals surface area contributed by atoms with Crippen LogP contribution in [0.25, 0.3) is 0 Å². The van der Waals surface area contributed by atoms with E-state index in [9.17, 15) is 0 Å². The summed E-state index contributed by atoms with van der Waals surface area (Å²) in [5.74, 6) is 1.66. The van der Waals surface area contributed by atoms with Crippen LogP contribution in [0.15, 0.2) is 24.3 Å². The van der Waals surface area contributed by atoms with E-state index in [1.807, 2.05) is 6.07 Å². The van der Waals surface area contributed by atoms with Crippen molar-refractivity contribution >= 4 is 0 Å². The molecule has 0 N–H and O–H groups in total. The van der Waals surface area contributed by atoms with Crippen LogP contribution in [0.3, 0.4) is 0 Å². The Bertz CT molecular complexity index is 287. The summed E-state index contributed by atoms with van der Waals surface area (Å²) in [5, 5.41) is 0. The van der Waals surface area contributed by atoms with Crippen molar-refractivity contribution in [1.29, 1.82) is 0 Å². The van der Waals surface area contributed by atoms with Crippen LogP contribution in [-0.4, -0.2) is 6.10 Å². The first kappa shape index (κ1) is 12.1. The van der Waals surface area contributed by atoms with E-state index in [1.165, 1.54) is 18.4 Å². The van der Waals surface area contributed by atoms with Crippen LogP contribution in [0.5, 0.6) is 5.75 Å². The van der Waals surface area contributed by atoms with Crippen molar-refractivity contribution in [1.82, 2.24) is 0 Å². The average molecular weight is 206 g/mol. The topological polar surface area (TPSA) is 9.23 Å². The summed E-state index contributed by atoms with van der Waals surface area (Å²) in [4.78, 5) is 0. The molecule has 0 aliphatic carbocycles. The maximum Gasteiger partial charge on any atom is 0.119 e. The summed E-state index contributed by atoms with van der Waals surface area (Å²) in [7, 11) is 0. The van der Waals surface area contributed by atoms with Gasteiger partial charge in [0.25, 0.3) is 0 Å². The first-order valence-corrected chi connectivity index (χ1v) is 5.94. The lowest BCUT2D eigenvalue weighted by atomic mass is 9.94. The Labute approximate surface area is 93.5 Å². The largest absolute Gasteiger partial charge is 0.491 e. The van der Waals surface area contributed by atoms with Crippen molar-refractivity contribution in [3.8, 4) is 5.75 Å². The fourth-order valence-corrected chi connectivity index (χ4v) is 1.87. The summed E-state index contributed by atoms with van der Waals surface area (Å²) in [6, 6.07) is 8.50. The Kier molecular flexibility index (Phi) is 4.67. The Morgan fingerprint density at radius 2 is 1.80 bits per heavy atom. The van der Waals surface area contributed by atoms with E-state index in [2.05, 4.69) is 45.9 Å². The minimum atomic E-state index is 0.252. The third-order valence-corrected chi connectivity index (χ3v) is 2.69. The summed E-state index contributed by atoms with van der Waals surface area (Å²) in [5.41, 5.74) is 1.40. The van der Waals surface area contributed by atoms with Crippen molar-refractivity contribution in [3.63, 3.8) is 0 Å². The maximum absolute atomic E-state index is 5.69. The monoisotopic (exact) mass is 206 g/mol. The smallest absolute Gasteiger partial charge is 0.119 e. The highest BCUT2D eigenvalue weighted by Crippen LogP contribution is 2.26. The van der Waals surface area contributed by atoms with Crippen molar-refractivity contribution in [3.05, 3.63) is 29.8 Å². The van der Waals surface area contributed by atoms with Gasteiger partial charge < -0.3 is 4.74 Å². The highest BCUT2D eigenvalue weighted by molar-refractivity contribution is 5.30. The van der Waals surface area contributed by atoms with Gasteiger partial charge >= 0.3 is 0 Å². The van der Waals surface area contributed by atoms with Crippen LogP contribution in [0.4, 0.5) is 0 Å². The summed E-state index contributed by atoms with van der Waals surface area (Å²) >= 11 is 0. The predicted octanol–water partition coefficient (Wildman–Crippen LogP) is 4.38. The Hall–Kier alpha value is -0.980. The standard InChI is InChI=1S/C14H22O/c1-5-12(6-2)13-8-7-9-14(10-13)15-11(3)4/h7-12H,5-6H2,1-4H3. The molecule has 0 saturated heterocycles. The fourth-order valence-electron chi connectivity index (χ4n) is 1.87. The van der Waals surface area contributed by atoms with Gasteiger partial charge in [0.2, 0.25) is 0 Å². The molecule has 1 heteroatoms. The molecule has 0 spiro atoms. The van der Waals surface area contributed by atoms with Crippen LogP contribution >= 0.6 is 0 Å². The van der Waals surface area contributed by atoms with Gasteiger partial charge in [-0.2, -0.15) is 0 Å². The lowest BCUT2D eigenvalue weighted by molar-refractivity contribution is 0.242. The number of ether oxygens (including phenoxy) is 1. The van der Waals surface area contributed by atoms with Crippen molar-refractivity contribution < 1.29 is 4.74 Å². The van der Waals surface area contributed by atoms with Gasteiger partial charge in [-0.25, -0.2) is 0 Å². The van der Waals surface area contributed by atoms with Gasteiger partial charge in [-0.3, -0.25) is 0 Å². The quantitative estimate of drug-likeness (QED) is 0.694. The van der Waals surface area contributed by atoms with Gasteiger partial charge in [0, 0.05) is 0 Å². The van der Waals surface area contributed by atoms with Crippen LogP contribution in [-0.2, 0) is 0 Å². The number of hydrogen-bond donors (Lipinski definition) is 0. The lowest BCUT2D eigenvalue weighted by Crippen LogP contribution is -2.06. The molecule has 0 saturated carbocycles. The molecule has 0 radical (unpaired) electrons. The van der Waals surface area contributed by atoms with E-state index in [-0.39, 0.29) is 6.10 Å². The molecule has 0 fully saturated rings. The third kappa shape index (κ3) is 3.58. The second kappa shape index (κ2) is 5.79. The number of benzene rings is 1. The van der Waals surface area contributed by atoms with Crippen LogP contribution in [0, 0.1) is 0 Å². The van der Waals surface area contributed by atoms with Crippen molar-refractivity contribution in [2.45, 2.75) is 52.6 Å². The Morgan fingerprint density at radius 3 is 2.33 bits per heavy atom. The van der Waals surface area contributed by atoms with E-state index in [0.717, 1.165) is 5.75 Å². The van der Waals surface area contributed by atoms with E-state index >= 15 is 0 Å². The molecular weight excluding hydrogens is 184 g/mol. The fraction of sp³-hybridized carbons (Fsp3) is 0.571. The average Bonchev–Trinajstić information content (AvgIpc) is 2.19. The minimum Gasteiger partial charge on any atom is -0.491 e. The molecule has 1 aromatic rings. The van der Waals surface area contributed by atoms with Gasteiger partial charge in [0.05, 0.1) is 6.10 Å². The van der Waals surface area contributed by atoms with Crippen LogP contribution in [0.1, 0.15) is 52.0 Å². The number of rotatable bonds is 5. The molecule has 0 unspecified atom stereocenters. The highest BCUT2D eigenvalue weighted by Gasteiger charge is 2.07. The second-order valence-electron chi connectivity index (χ2n) is 4.25. The first-order chi connectivity index (χ1) is 7.17. The van der Waals surface area contributed by atoms with E-state index in [4.69, 9.17) is 4.74 Å². The van der Waals surface area contributed by atoms with E-state index in [1.54, 1.807) is 0 Å². The molecule has 0 amide bonds. The summed E-state index contributed by atoms with van der Waals surface area (Å²) in [6.45, 7) is 8.60. The highest BCUT2D eigenvalue weighted by atomic mass is 16.5. The minimum absolute atomic E-state index is 0.252. The SMILES string of the molecule is CCC(CC)c1cccc(OC(C)C)c1. The Morgan fingerprint density at radius 1 is 1.13 bits per heavy atom. The van der Waals surface area contributed by atoms with Gasteiger partial charge in [0.1, 0.15) is 5.75 Å². The zero-order valence-corrected chi connectivity index (χ0v) is 10.3. The zero-order valence-electron chi connectivity index (χ0n) is 10.3. The molecule has 84 valence electrons. The predicted molar refractivity (Wildman–Crippen MR) is 65.5 cm³/mol. The first-order valence-electron chi connectivity index (χ1n) is 5.94. The van der Waals surface area contributed by atoms with Crippen molar-refractivity contribution in [2.24, 2.45) is 0 Å².